The Bertz CT molecular complexity index is 252. The van der Waals surface area contributed by atoms with Crippen molar-refractivity contribution in [2.24, 2.45) is 5.92 Å². The smallest absolute Gasteiger partial charge is 0.0655 e. The Balaban J connectivity index is 3.35. The van der Waals surface area contributed by atoms with Crippen molar-refractivity contribution >= 4 is 0 Å². The summed E-state index contributed by atoms with van der Waals surface area (Å²) >= 11 is 0. The molecule has 0 amide bonds. The average molecular weight is 290 g/mol. The van der Waals surface area contributed by atoms with Gasteiger partial charge in [0.25, 0.3) is 0 Å². The van der Waals surface area contributed by atoms with Gasteiger partial charge in [-0.05, 0) is 38.5 Å². The summed E-state index contributed by atoms with van der Waals surface area (Å²) in [5, 5.41) is 9.20. The molecule has 0 heterocycles. The lowest BCUT2D eigenvalue weighted by Gasteiger charge is -2.08. The summed E-state index contributed by atoms with van der Waals surface area (Å²) in [6, 6.07) is 2.50. The molecule has 0 radical (unpaired) electrons. The minimum Gasteiger partial charge on any atom is -0.198 e. The Morgan fingerprint density at radius 3 is 1.43 bits per heavy atom. The van der Waals surface area contributed by atoms with Gasteiger partial charge in [-0.15, -0.1) is 13.2 Å². The summed E-state index contributed by atoms with van der Waals surface area (Å²) in [6.07, 6.45) is 21.3. The number of nitriles is 1. The highest BCUT2D eigenvalue weighted by atomic mass is 14.3. The molecule has 1 nitrogen and oxygen atoms in total. The minimum atomic E-state index is 0.298. The van der Waals surface area contributed by atoms with Crippen LogP contribution in [0.15, 0.2) is 25.3 Å². The van der Waals surface area contributed by atoms with E-state index in [1.165, 1.54) is 64.2 Å². The van der Waals surface area contributed by atoms with Gasteiger partial charge in [0.05, 0.1) is 6.07 Å². The van der Waals surface area contributed by atoms with Crippen LogP contribution in [0.1, 0.15) is 89.9 Å². The summed E-state index contributed by atoms with van der Waals surface area (Å²) in [5.74, 6) is 0.298. The first-order chi connectivity index (χ1) is 10.3. The molecule has 0 aliphatic carbocycles. The second-order valence-corrected chi connectivity index (χ2v) is 6.09. The summed E-state index contributed by atoms with van der Waals surface area (Å²) in [5.41, 5.74) is 0. The highest BCUT2D eigenvalue weighted by Crippen LogP contribution is 2.18. The summed E-state index contributed by atoms with van der Waals surface area (Å²) in [6.45, 7) is 7.49. The van der Waals surface area contributed by atoms with Crippen molar-refractivity contribution in [3.05, 3.63) is 25.3 Å². The molecule has 0 rings (SSSR count). The first-order valence-electron chi connectivity index (χ1n) is 8.96. The first kappa shape index (κ1) is 20.0. The lowest BCUT2D eigenvalue weighted by Crippen LogP contribution is -1.97. The third-order valence-electron chi connectivity index (χ3n) is 4.10. The third-order valence-corrected chi connectivity index (χ3v) is 4.10. The molecule has 0 aromatic carbocycles. The van der Waals surface area contributed by atoms with Crippen LogP contribution in [0.3, 0.4) is 0 Å². The molecule has 120 valence electrons. The second-order valence-electron chi connectivity index (χ2n) is 6.09. The number of unbranched alkanes of at least 4 members (excludes halogenated alkanes) is 10. The number of hydrogen-bond donors (Lipinski definition) is 0. The van der Waals surface area contributed by atoms with Crippen molar-refractivity contribution in [2.45, 2.75) is 89.9 Å². The van der Waals surface area contributed by atoms with Crippen molar-refractivity contribution in [3.8, 4) is 6.07 Å². The zero-order chi connectivity index (χ0) is 15.6. The normalized spacial score (nSPS) is 10.5. The molecule has 0 fully saturated rings. The maximum atomic E-state index is 9.20. The summed E-state index contributed by atoms with van der Waals surface area (Å²) in [7, 11) is 0. The molecule has 0 aliphatic heterocycles. The molecule has 0 N–H and O–H groups in total. The number of rotatable bonds is 16. The van der Waals surface area contributed by atoms with Gasteiger partial charge >= 0.3 is 0 Å². The van der Waals surface area contributed by atoms with Gasteiger partial charge in [-0.25, -0.2) is 0 Å². The molecule has 0 spiro atoms. The van der Waals surface area contributed by atoms with E-state index >= 15 is 0 Å². The van der Waals surface area contributed by atoms with Crippen LogP contribution in [0.25, 0.3) is 0 Å². The topological polar surface area (TPSA) is 23.8 Å². The maximum Gasteiger partial charge on any atom is 0.0655 e. The number of nitrogens with zero attached hydrogens (tertiary/aromatic N) is 1. The third kappa shape index (κ3) is 15.2. The van der Waals surface area contributed by atoms with Crippen molar-refractivity contribution in [1.29, 1.82) is 5.26 Å². The quantitative estimate of drug-likeness (QED) is 0.222. The molecule has 21 heavy (non-hydrogen) atoms. The molecule has 0 saturated carbocycles. The van der Waals surface area contributed by atoms with Gasteiger partial charge in [-0.3, -0.25) is 0 Å². The fourth-order valence-electron chi connectivity index (χ4n) is 2.69. The Labute approximate surface area is 133 Å². The van der Waals surface area contributed by atoms with Crippen LogP contribution in [0.2, 0.25) is 0 Å². The standard InChI is InChI=1S/C20H35N/c1-3-5-7-9-11-13-15-17-20(19-21)18-16-14-12-10-8-6-4-2/h3-4,20H,1-2,5-18H2. The highest BCUT2D eigenvalue weighted by molar-refractivity contribution is 4.82. The molecular weight excluding hydrogens is 254 g/mol. The molecule has 0 saturated heterocycles. The minimum absolute atomic E-state index is 0.298. The fraction of sp³-hybridized carbons (Fsp3) is 0.750. The number of hydrogen-bond acceptors (Lipinski definition) is 1. The van der Waals surface area contributed by atoms with Gasteiger partial charge in [-0.1, -0.05) is 63.5 Å². The van der Waals surface area contributed by atoms with Gasteiger partial charge in [-0.2, -0.15) is 5.26 Å². The molecule has 0 aromatic heterocycles. The molecule has 0 bridgehead atoms. The van der Waals surface area contributed by atoms with E-state index in [4.69, 9.17) is 0 Å². The van der Waals surface area contributed by atoms with E-state index in [2.05, 4.69) is 19.2 Å². The predicted molar refractivity (Wildman–Crippen MR) is 94.1 cm³/mol. The molecule has 1 heteroatoms. The van der Waals surface area contributed by atoms with E-state index in [0.29, 0.717) is 5.92 Å². The van der Waals surface area contributed by atoms with Gasteiger partial charge in [0, 0.05) is 5.92 Å². The average Bonchev–Trinajstić information content (AvgIpc) is 2.51. The Kier molecular flexibility index (Phi) is 16.2. The van der Waals surface area contributed by atoms with Crippen molar-refractivity contribution in [3.63, 3.8) is 0 Å². The summed E-state index contributed by atoms with van der Waals surface area (Å²) < 4.78 is 0. The molecule has 0 aliphatic rings. The second kappa shape index (κ2) is 17.0. The maximum absolute atomic E-state index is 9.20. The van der Waals surface area contributed by atoms with Gasteiger partial charge in [0.15, 0.2) is 0 Å². The Hall–Kier alpha value is -1.03. The Morgan fingerprint density at radius 1 is 0.667 bits per heavy atom. The van der Waals surface area contributed by atoms with E-state index in [1.807, 2.05) is 12.2 Å². The molecule has 0 atom stereocenters. The van der Waals surface area contributed by atoms with E-state index < -0.39 is 0 Å². The van der Waals surface area contributed by atoms with E-state index in [-0.39, 0.29) is 0 Å². The van der Waals surface area contributed by atoms with Crippen LogP contribution in [0, 0.1) is 17.2 Å². The van der Waals surface area contributed by atoms with Crippen LogP contribution in [0.4, 0.5) is 0 Å². The van der Waals surface area contributed by atoms with Gasteiger partial charge < -0.3 is 0 Å². The predicted octanol–water partition coefficient (Wildman–Crippen LogP) is 6.96. The summed E-state index contributed by atoms with van der Waals surface area (Å²) in [4.78, 5) is 0. The van der Waals surface area contributed by atoms with Crippen molar-refractivity contribution in [1.82, 2.24) is 0 Å². The highest BCUT2D eigenvalue weighted by Gasteiger charge is 2.06. The van der Waals surface area contributed by atoms with E-state index in [9.17, 15) is 5.26 Å². The largest absolute Gasteiger partial charge is 0.198 e. The zero-order valence-corrected chi connectivity index (χ0v) is 14.0. The van der Waals surface area contributed by atoms with Crippen LogP contribution in [0.5, 0.6) is 0 Å². The lowest BCUT2D eigenvalue weighted by molar-refractivity contribution is 0.474. The Morgan fingerprint density at radius 2 is 1.05 bits per heavy atom. The van der Waals surface area contributed by atoms with Crippen LogP contribution < -0.4 is 0 Å². The number of allylic oxidation sites excluding steroid dienone is 2. The lowest BCUT2D eigenvalue weighted by atomic mass is 9.95. The van der Waals surface area contributed by atoms with E-state index in [1.54, 1.807) is 0 Å². The van der Waals surface area contributed by atoms with E-state index in [0.717, 1.165) is 25.7 Å². The van der Waals surface area contributed by atoms with Crippen molar-refractivity contribution in [2.75, 3.05) is 0 Å². The van der Waals surface area contributed by atoms with Gasteiger partial charge in [0.2, 0.25) is 0 Å². The molecule has 0 unspecified atom stereocenters. The van der Waals surface area contributed by atoms with Crippen LogP contribution in [-0.4, -0.2) is 0 Å². The fourth-order valence-corrected chi connectivity index (χ4v) is 2.69. The zero-order valence-electron chi connectivity index (χ0n) is 14.0. The molecular formula is C20H35N. The van der Waals surface area contributed by atoms with Crippen LogP contribution in [-0.2, 0) is 0 Å². The van der Waals surface area contributed by atoms with Crippen molar-refractivity contribution < 1.29 is 0 Å². The molecule has 0 aromatic rings. The van der Waals surface area contributed by atoms with Crippen LogP contribution >= 0.6 is 0 Å². The van der Waals surface area contributed by atoms with Gasteiger partial charge in [0.1, 0.15) is 0 Å². The SMILES string of the molecule is C=CCCCCCCCC(C#N)CCCCCCCC=C. The first-order valence-corrected chi connectivity index (χ1v) is 8.96. The monoisotopic (exact) mass is 289 g/mol.